The Balaban J connectivity index is 3.22. The number of halogens is 3. The van der Waals surface area contributed by atoms with Crippen LogP contribution in [0.5, 0.6) is 11.5 Å². The van der Waals surface area contributed by atoms with E-state index in [2.05, 4.69) is 47.8 Å². The van der Waals surface area contributed by atoms with Gasteiger partial charge in [-0.3, -0.25) is 4.79 Å². The first-order valence-electron chi connectivity index (χ1n) is 4.29. The van der Waals surface area contributed by atoms with E-state index < -0.39 is 0 Å². The molecule has 0 aliphatic heterocycles. The summed E-state index contributed by atoms with van der Waals surface area (Å²) >= 11 is 10.2. The molecule has 1 rings (SSSR count). The Morgan fingerprint density at radius 3 is 2.44 bits per heavy atom. The van der Waals surface area contributed by atoms with Crippen LogP contribution in [0.25, 0.3) is 0 Å². The maximum atomic E-state index is 10.9. The Morgan fingerprint density at radius 1 is 1.38 bits per heavy atom. The molecule has 0 aliphatic rings. The molecule has 1 aromatic rings. The summed E-state index contributed by atoms with van der Waals surface area (Å²) in [6.45, 7) is 1.36. The minimum absolute atomic E-state index is 0.0567. The van der Waals surface area contributed by atoms with Crippen molar-refractivity contribution in [3.05, 3.63) is 22.2 Å². The third kappa shape index (κ3) is 3.46. The second-order valence-corrected chi connectivity index (χ2v) is 6.78. The SMILES string of the molecule is COc1cc(OC(C)=O)cc(C(Br)Br)c1Br. The van der Waals surface area contributed by atoms with Crippen LogP contribution in [0.4, 0.5) is 0 Å². The van der Waals surface area contributed by atoms with E-state index in [9.17, 15) is 4.79 Å². The number of benzene rings is 1. The van der Waals surface area contributed by atoms with E-state index in [1.807, 2.05) is 0 Å². The van der Waals surface area contributed by atoms with E-state index in [4.69, 9.17) is 9.47 Å². The maximum Gasteiger partial charge on any atom is 0.308 e. The highest BCUT2D eigenvalue weighted by atomic mass is 79.9. The van der Waals surface area contributed by atoms with E-state index >= 15 is 0 Å². The van der Waals surface area contributed by atoms with Gasteiger partial charge in [-0.15, -0.1) is 0 Å². The fourth-order valence-corrected chi connectivity index (χ4v) is 3.08. The average molecular weight is 417 g/mol. The zero-order valence-corrected chi connectivity index (χ0v) is 13.3. The number of methoxy groups -OCH3 is 1. The molecule has 0 saturated heterocycles. The third-order valence-corrected chi connectivity index (χ3v) is 3.59. The fourth-order valence-electron chi connectivity index (χ4n) is 1.13. The largest absolute Gasteiger partial charge is 0.495 e. The Kier molecular flexibility index (Phi) is 5.27. The van der Waals surface area contributed by atoms with Gasteiger partial charge in [-0.1, -0.05) is 31.9 Å². The van der Waals surface area contributed by atoms with Crippen LogP contribution in [0.15, 0.2) is 16.6 Å². The monoisotopic (exact) mass is 414 g/mol. The predicted molar refractivity (Wildman–Crippen MR) is 72.6 cm³/mol. The summed E-state index contributed by atoms with van der Waals surface area (Å²) < 4.78 is 11.0. The first-order valence-corrected chi connectivity index (χ1v) is 6.92. The molecule has 0 saturated carbocycles. The molecule has 6 heteroatoms. The van der Waals surface area contributed by atoms with E-state index in [-0.39, 0.29) is 9.71 Å². The van der Waals surface area contributed by atoms with Crippen LogP contribution in [0.1, 0.15) is 16.2 Å². The smallest absolute Gasteiger partial charge is 0.308 e. The number of hydrogen-bond acceptors (Lipinski definition) is 3. The summed E-state index contributed by atoms with van der Waals surface area (Å²) in [5, 5.41) is 0. The van der Waals surface area contributed by atoms with Gasteiger partial charge in [0.2, 0.25) is 0 Å². The van der Waals surface area contributed by atoms with Crippen LogP contribution in [0.3, 0.4) is 0 Å². The van der Waals surface area contributed by atoms with Crippen molar-refractivity contribution >= 4 is 53.8 Å². The lowest BCUT2D eigenvalue weighted by atomic mass is 10.2. The summed E-state index contributed by atoms with van der Waals surface area (Å²) in [4.78, 5) is 10.9. The molecule has 88 valence electrons. The number of rotatable bonds is 3. The molecule has 0 atom stereocenters. The quantitative estimate of drug-likeness (QED) is 0.421. The molecule has 0 aromatic heterocycles. The molecule has 0 amide bonds. The Labute approximate surface area is 119 Å². The molecule has 0 aliphatic carbocycles. The Bertz CT molecular complexity index is 405. The molecule has 16 heavy (non-hydrogen) atoms. The number of hydrogen-bond donors (Lipinski definition) is 0. The second-order valence-electron chi connectivity index (χ2n) is 2.92. The summed E-state index contributed by atoms with van der Waals surface area (Å²) in [5.41, 5.74) is 0.885. The minimum atomic E-state index is -0.365. The van der Waals surface area contributed by atoms with Crippen LogP contribution < -0.4 is 9.47 Å². The highest BCUT2D eigenvalue weighted by Gasteiger charge is 2.15. The zero-order chi connectivity index (χ0) is 12.3. The predicted octanol–water partition coefficient (Wildman–Crippen LogP) is 4.17. The fraction of sp³-hybridized carbons (Fsp3) is 0.300. The zero-order valence-electron chi connectivity index (χ0n) is 8.59. The van der Waals surface area contributed by atoms with Gasteiger partial charge in [0, 0.05) is 13.0 Å². The maximum absolute atomic E-state index is 10.9. The molecule has 0 unspecified atom stereocenters. The van der Waals surface area contributed by atoms with Gasteiger partial charge < -0.3 is 9.47 Å². The van der Waals surface area contributed by atoms with E-state index in [1.165, 1.54) is 6.92 Å². The van der Waals surface area contributed by atoms with E-state index in [0.29, 0.717) is 11.5 Å². The lowest BCUT2D eigenvalue weighted by molar-refractivity contribution is -0.131. The molecular formula is C10H9Br3O3. The molecule has 0 spiro atoms. The Hall–Kier alpha value is -0.0700. The molecule has 3 nitrogen and oxygen atoms in total. The average Bonchev–Trinajstić information content (AvgIpc) is 2.19. The topological polar surface area (TPSA) is 35.5 Å². The van der Waals surface area contributed by atoms with E-state index in [0.717, 1.165) is 10.0 Å². The van der Waals surface area contributed by atoms with Crippen LogP contribution >= 0.6 is 47.8 Å². The first-order chi connectivity index (χ1) is 7.45. The van der Waals surface area contributed by atoms with Crippen molar-refractivity contribution < 1.29 is 14.3 Å². The molecular weight excluding hydrogens is 408 g/mol. The van der Waals surface area contributed by atoms with Gasteiger partial charge in [-0.25, -0.2) is 0 Å². The van der Waals surface area contributed by atoms with Crippen molar-refractivity contribution in [1.29, 1.82) is 0 Å². The van der Waals surface area contributed by atoms with Crippen molar-refractivity contribution in [3.8, 4) is 11.5 Å². The Morgan fingerprint density at radius 2 is 2.00 bits per heavy atom. The molecule has 0 N–H and O–H groups in total. The summed E-state index contributed by atoms with van der Waals surface area (Å²) in [6, 6.07) is 3.40. The van der Waals surface area contributed by atoms with Gasteiger partial charge >= 0.3 is 5.97 Å². The highest BCUT2D eigenvalue weighted by molar-refractivity contribution is 9.24. The number of carbonyl (C=O) groups is 1. The number of ether oxygens (including phenoxy) is 2. The standard InChI is InChI=1S/C10H9Br3O3/c1-5(14)16-6-3-7(10(12)13)9(11)8(4-6)15-2/h3-4,10H,1-2H3. The highest BCUT2D eigenvalue weighted by Crippen LogP contribution is 2.41. The molecule has 0 bridgehead atoms. The second kappa shape index (κ2) is 6.02. The van der Waals surface area contributed by atoms with Crippen LogP contribution in [0.2, 0.25) is 0 Å². The normalized spacial score (nSPS) is 10.4. The lowest BCUT2D eigenvalue weighted by Crippen LogP contribution is -2.02. The number of carbonyl (C=O) groups excluding carboxylic acids is 1. The lowest BCUT2D eigenvalue weighted by Gasteiger charge is -2.12. The molecule has 0 fully saturated rings. The summed E-state index contributed by atoms with van der Waals surface area (Å²) in [6.07, 6.45) is 0. The summed E-state index contributed by atoms with van der Waals surface area (Å²) in [7, 11) is 1.55. The summed E-state index contributed by atoms with van der Waals surface area (Å²) in [5.74, 6) is 0.695. The van der Waals surface area contributed by atoms with Gasteiger partial charge in [0.05, 0.1) is 15.3 Å². The number of alkyl halides is 2. The first kappa shape index (κ1) is 14.0. The van der Waals surface area contributed by atoms with Gasteiger partial charge in [0.1, 0.15) is 11.5 Å². The van der Waals surface area contributed by atoms with Gasteiger partial charge in [0.15, 0.2) is 0 Å². The van der Waals surface area contributed by atoms with Crippen molar-refractivity contribution in [2.75, 3.05) is 7.11 Å². The molecule has 0 radical (unpaired) electrons. The van der Waals surface area contributed by atoms with Gasteiger partial charge in [0.25, 0.3) is 0 Å². The molecule has 1 aromatic carbocycles. The molecule has 0 heterocycles. The van der Waals surface area contributed by atoms with Gasteiger partial charge in [-0.2, -0.15) is 0 Å². The van der Waals surface area contributed by atoms with Crippen molar-refractivity contribution in [2.24, 2.45) is 0 Å². The van der Waals surface area contributed by atoms with Crippen molar-refractivity contribution in [1.82, 2.24) is 0 Å². The minimum Gasteiger partial charge on any atom is -0.495 e. The number of esters is 1. The van der Waals surface area contributed by atoms with Crippen molar-refractivity contribution in [2.45, 2.75) is 10.7 Å². The van der Waals surface area contributed by atoms with Crippen LogP contribution in [-0.4, -0.2) is 13.1 Å². The van der Waals surface area contributed by atoms with Crippen LogP contribution in [-0.2, 0) is 4.79 Å². The van der Waals surface area contributed by atoms with Crippen LogP contribution in [0, 0.1) is 0 Å². The van der Waals surface area contributed by atoms with E-state index in [1.54, 1.807) is 19.2 Å². The third-order valence-electron chi connectivity index (χ3n) is 1.76. The van der Waals surface area contributed by atoms with Gasteiger partial charge in [-0.05, 0) is 27.6 Å². The van der Waals surface area contributed by atoms with Crippen molar-refractivity contribution in [3.63, 3.8) is 0 Å².